The summed E-state index contributed by atoms with van der Waals surface area (Å²) in [5.74, 6) is 1.49. The Morgan fingerprint density at radius 3 is 2.61 bits per heavy atom. The molecule has 0 amide bonds. The van der Waals surface area contributed by atoms with E-state index < -0.39 is 0 Å². The van der Waals surface area contributed by atoms with E-state index in [1.165, 1.54) is 6.42 Å². The van der Waals surface area contributed by atoms with Crippen LogP contribution in [-0.2, 0) is 6.54 Å². The third-order valence-electron chi connectivity index (χ3n) is 3.16. The van der Waals surface area contributed by atoms with Crippen molar-refractivity contribution >= 4 is 0 Å². The largest absolute Gasteiger partial charge is 0.488 e. The second-order valence-electron chi connectivity index (χ2n) is 5.11. The molecule has 1 aromatic heterocycles. The molecule has 0 radical (unpaired) electrons. The first-order chi connectivity index (χ1) is 8.56. The van der Waals surface area contributed by atoms with Crippen LogP contribution in [0.3, 0.4) is 0 Å². The van der Waals surface area contributed by atoms with Crippen LogP contribution in [0, 0.1) is 5.92 Å². The highest BCUT2D eigenvalue weighted by molar-refractivity contribution is 5.12. The zero-order chi connectivity index (χ0) is 13.5. The predicted octanol–water partition coefficient (Wildman–Crippen LogP) is 2.69. The van der Waals surface area contributed by atoms with Crippen molar-refractivity contribution in [2.45, 2.75) is 59.7 Å². The van der Waals surface area contributed by atoms with Gasteiger partial charge < -0.3 is 10.1 Å². The van der Waals surface area contributed by atoms with Gasteiger partial charge in [-0.3, -0.25) is 4.68 Å². The van der Waals surface area contributed by atoms with Gasteiger partial charge in [-0.05, 0) is 26.3 Å². The van der Waals surface area contributed by atoms with Crippen molar-refractivity contribution in [2.24, 2.45) is 5.92 Å². The summed E-state index contributed by atoms with van der Waals surface area (Å²) < 4.78 is 7.59. The number of hydrogen-bond acceptors (Lipinski definition) is 3. The Morgan fingerprint density at radius 2 is 2.06 bits per heavy atom. The lowest BCUT2D eigenvalue weighted by atomic mass is 9.99. The fourth-order valence-electron chi connectivity index (χ4n) is 1.97. The molecule has 0 spiro atoms. The van der Waals surface area contributed by atoms with Gasteiger partial charge in [-0.1, -0.05) is 27.2 Å². The summed E-state index contributed by atoms with van der Waals surface area (Å²) in [7, 11) is 0. The van der Waals surface area contributed by atoms with E-state index in [0.717, 1.165) is 18.8 Å². The highest BCUT2D eigenvalue weighted by atomic mass is 16.5. The van der Waals surface area contributed by atoms with E-state index in [1.54, 1.807) is 6.20 Å². The standard InChI is InChI=1S/C14H27N3O/c1-6-12(5)14(15-7-2)10-17-9-13(8-16-17)18-11(3)4/h8-9,11-12,14-15H,6-7,10H2,1-5H3. The Kier molecular flexibility index (Phi) is 6.19. The molecule has 1 heterocycles. The summed E-state index contributed by atoms with van der Waals surface area (Å²) in [4.78, 5) is 0. The molecule has 4 nitrogen and oxygen atoms in total. The number of aromatic nitrogens is 2. The maximum absolute atomic E-state index is 5.62. The molecule has 0 saturated heterocycles. The molecule has 0 saturated carbocycles. The molecule has 0 aliphatic rings. The van der Waals surface area contributed by atoms with Crippen LogP contribution in [-0.4, -0.2) is 28.5 Å². The van der Waals surface area contributed by atoms with Crippen molar-refractivity contribution in [1.82, 2.24) is 15.1 Å². The van der Waals surface area contributed by atoms with Crippen LogP contribution in [0.5, 0.6) is 5.75 Å². The maximum atomic E-state index is 5.62. The third kappa shape index (κ3) is 4.69. The van der Waals surface area contributed by atoms with Gasteiger partial charge in [0.25, 0.3) is 0 Å². The van der Waals surface area contributed by atoms with Crippen molar-refractivity contribution in [3.05, 3.63) is 12.4 Å². The van der Waals surface area contributed by atoms with Crippen LogP contribution in [0.2, 0.25) is 0 Å². The van der Waals surface area contributed by atoms with Crippen molar-refractivity contribution in [3.63, 3.8) is 0 Å². The number of nitrogens with one attached hydrogen (secondary N) is 1. The minimum absolute atomic E-state index is 0.196. The Hall–Kier alpha value is -1.03. The first-order valence-electron chi connectivity index (χ1n) is 6.99. The summed E-state index contributed by atoms with van der Waals surface area (Å²) in [5, 5.41) is 7.89. The van der Waals surface area contributed by atoms with Crippen LogP contribution in [0.1, 0.15) is 41.0 Å². The minimum Gasteiger partial charge on any atom is -0.488 e. The molecule has 0 bridgehead atoms. The van der Waals surface area contributed by atoms with Crippen molar-refractivity contribution in [2.75, 3.05) is 6.54 Å². The molecule has 104 valence electrons. The molecule has 1 rings (SSSR count). The summed E-state index contributed by atoms with van der Waals surface area (Å²) in [5.41, 5.74) is 0. The highest BCUT2D eigenvalue weighted by Gasteiger charge is 2.15. The Morgan fingerprint density at radius 1 is 1.33 bits per heavy atom. The van der Waals surface area contributed by atoms with Gasteiger partial charge in [0.1, 0.15) is 0 Å². The van der Waals surface area contributed by atoms with Crippen molar-refractivity contribution in [1.29, 1.82) is 0 Å². The number of ether oxygens (including phenoxy) is 1. The average molecular weight is 253 g/mol. The predicted molar refractivity (Wildman–Crippen MR) is 74.9 cm³/mol. The average Bonchev–Trinajstić information content (AvgIpc) is 2.74. The van der Waals surface area contributed by atoms with E-state index in [2.05, 4.69) is 31.2 Å². The van der Waals surface area contributed by atoms with E-state index in [-0.39, 0.29) is 6.10 Å². The van der Waals surface area contributed by atoms with Gasteiger partial charge in [-0.15, -0.1) is 0 Å². The summed E-state index contributed by atoms with van der Waals surface area (Å²) in [6.45, 7) is 12.6. The number of nitrogens with zero attached hydrogens (tertiary/aromatic N) is 2. The molecular weight excluding hydrogens is 226 g/mol. The molecule has 0 aliphatic heterocycles. The van der Waals surface area contributed by atoms with E-state index in [4.69, 9.17) is 4.74 Å². The molecule has 2 atom stereocenters. The number of hydrogen-bond donors (Lipinski definition) is 1. The zero-order valence-electron chi connectivity index (χ0n) is 12.3. The van der Waals surface area contributed by atoms with Gasteiger partial charge in [0, 0.05) is 6.04 Å². The van der Waals surface area contributed by atoms with Crippen LogP contribution in [0.25, 0.3) is 0 Å². The monoisotopic (exact) mass is 253 g/mol. The van der Waals surface area contributed by atoms with E-state index >= 15 is 0 Å². The molecular formula is C14H27N3O. The molecule has 1 N–H and O–H groups in total. The minimum atomic E-state index is 0.196. The summed E-state index contributed by atoms with van der Waals surface area (Å²) in [6.07, 6.45) is 5.14. The van der Waals surface area contributed by atoms with E-state index in [1.807, 2.05) is 24.7 Å². The van der Waals surface area contributed by atoms with Crippen molar-refractivity contribution < 1.29 is 4.74 Å². The van der Waals surface area contributed by atoms with Gasteiger partial charge in [0.15, 0.2) is 5.75 Å². The second kappa shape index (κ2) is 7.41. The van der Waals surface area contributed by atoms with Crippen LogP contribution < -0.4 is 10.1 Å². The van der Waals surface area contributed by atoms with Gasteiger partial charge in [-0.2, -0.15) is 5.10 Å². The molecule has 4 heteroatoms. The van der Waals surface area contributed by atoms with Gasteiger partial charge in [0.05, 0.1) is 25.0 Å². The fourth-order valence-corrected chi connectivity index (χ4v) is 1.97. The zero-order valence-corrected chi connectivity index (χ0v) is 12.3. The Bertz CT molecular complexity index is 336. The van der Waals surface area contributed by atoms with E-state index in [0.29, 0.717) is 12.0 Å². The van der Waals surface area contributed by atoms with Crippen LogP contribution >= 0.6 is 0 Å². The van der Waals surface area contributed by atoms with Gasteiger partial charge in [-0.25, -0.2) is 0 Å². The normalized spacial score (nSPS) is 14.8. The van der Waals surface area contributed by atoms with Crippen LogP contribution in [0.15, 0.2) is 12.4 Å². The van der Waals surface area contributed by atoms with Gasteiger partial charge >= 0.3 is 0 Å². The van der Waals surface area contributed by atoms with Crippen LogP contribution in [0.4, 0.5) is 0 Å². The molecule has 0 aliphatic carbocycles. The molecule has 1 aromatic rings. The second-order valence-corrected chi connectivity index (χ2v) is 5.11. The summed E-state index contributed by atoms with van der Waals surface area (Å²) in [6, 6.07) is 0.465. The first kappa shape index (κ1) is 15.0. The highest BCUT2D eigenvalue weighted by Crippen LogP contribution is 2.14. The SMILES string of the molecule is CCNC(Cn1cc(OC(C)C)cn1)C(C)CC. The Labute approximate surface area is 111 Å². The maximum Gasteiger partial charge on any atom is 0.157 e. The quantitative estimate of drug-likeness (QED) is 0.774. The lowest BCUT2D eigenvalue weighted by Crippen LogP contribution is -2.38. The molecule has 0 aromatic carbocycles. The third-order valence-corrected chi connectivity index (χ3v) is 3.16. The van der Waals surface area contributed by atoms with Gasteiger partial charge in [0.2, 0.25) is 0 Å². The lowest BCUT2D eigenvalue weighted by molar-refractivity contribution is 0.241. The first-order valence-corrected chi connectivity index (χ1v) is 6.99. The van der Waals surface area contributed by atoms with E-state index in [9.17, 15) is 0 Å². The fraction of sp³-hybridized carbons (Fsp3) is 0.786. The number of likely N-dealkylation sites (N-methyl/N-ethyl adjacent to an activating group) is 1. The number of rotatable bonds is 8. The Balaban J connectivity index is 2.60. The smallest absolute Gasteiger partial charge is 0.157 e. The molecule has 2 unspecified atom stereocenters. The lowest BCUT2D eigenvalue weighted by Gasteiger charge is -2.23. The van der Waals surface area contributed by atoms with Crippen molar-refractivity contribution in [3.8, 4) is 5.75 Å². The summed E-state index contributed by atoms with van der Waals surface area (Å²) >= 11 is 0. The molecule has 0 fully saturated rings. The molecule has 18 heavy (non-hydrogen) atoms. The topological polar surface area (TPSA) is 39.1 Å².